The Morgan fingerprint density at radius 2 is 1.74 bits per heavy atom. The highest BCUT2D eigenvalue weighted by molar-refractivity contribution is 7.92. The Labute approximate surface area is 197 Å². The summed E-state index contributed by atoms with van der Waals surface area (Å²) < 4.78 is 22.5. The summed E-state index contributed by atoms with van der Waals surface area (Å²) in [5, 5.41) is 31.6. The van der Waals surface area contributed by atoms with E-state index in [2.05, 4.69) is 17.0 Å². The number of benzene rings is 2. The van der Waals surface area contributed by atoms with Gasteiger partial charge in [0.1, 0.15) is 12.2 Å². The van der Waals surface area contributed by atoms with Gasteiger partial charge in [-0.05, 0) is 42.3 Å². The van der Waals surface area contributed by atoms with Crippen LogP contribution in [0, 0.1) is 11.8 Å². The Morgan fingerprint density at radius 3 is 2.24 bits per heavy atom. The van der Waals surface area contributed by atoms with Crippen molar-refractivity contribution in [1.82, 2.24) is 5.48 Å². The Bertz CT molecular complexity index is 1230. The normalized spacial score (nSPS) is 18.0. The molecule has 1 heterocycles. The molecule has 0 bridgehead atoms. The fraction of sp³-hybridized carbons (Fsp3) is 0.333. The van der Waals surface area contributed by atoms with Gasteiger partial charge < -0.3 is 15.1 Å². The van der Waals surface area contributed by atoms with Crippen molar-refractivity contribution in [3.8, 4) is 11.8 Å². The first kappa shape index (κ1) is 25.4. The number of hydrogen-bond acceptors (Lipinski definition) is 8. The maximum absolute atomic E-state index is 12.2. The van der Waals surface area contributed by atoms with E-state index >= 15 is 0 Å². The molecule has 3 atom stereocenters. The first-order valence-corrected chi connectivity index (χ1v) is 12.3. The highest BCUT2D eigenvalue weighted by Gasteiger charge is 2.47. The van der Waals surface area contributed by atoms with Crippen LogP contribution in [0.2, 0.25) is 0 Å². The fourth-order valence-electron chi connectivity index (χ4n) is 3.46. The molecule has 2 aromatic carbocycles. The van der Waals surface area contributed by atoms with Gasteiger partial charge in [-0.3, -0.25) is 10.0 Å². The summed E-state index contributed by atoms with van der Waals surface area (Å²) in [6.45, 7) is 0.897. The third kappa shape index (κ3) is 5.63. The highest BCUT2D eigenvalue weighted by atomic mass is 32.2. The minimum atomic E-state index is -3.83. The van der Waals surface area contributed by atoms with Gasteiger partial charge in [0.15, 0.2) is 14.6 Å². The quantitative estimate of drug-likeness (QED) is 0.262. The van der Waals surface area contributed by atoms with Crippen LogP contribution >= 0.6 is 0 Å². The molecular formula is C24H26N2O7S. The summed E-state index contributed by atoms with van der Waals surface area (Å²) in [5.41, 5.74) is 4.96. The average molecular weight is 487 g/mol. The summed E-state index contributed by atoms with van der Waals surface area (Å²) in [4.78, 5) is 17.4. The van der Waals surface area contributed by atoms with E-state index in [9.17, 15) is 18.3 Å². The molecule has 3 rings (SSSR count). The maximum Gasteiger partial charge on any atom is 0.264 e. The molecule has 0 fully saturated rings. The van der Waals surface area contributed by atoms with Gasteiger partial charge in [-0.15, -0.1) is 0 Å². The van der Waals surface area contributed by atoms with Crippen molar-refractivity contribution in [2.45, 2.75) is 36.7 Å². The molecule has 0 aliphatic carbocycles. The molecule has 34 heavy (non-hydrogen) atoms. The average Bonchev–Trinajstić information content (AvgIpc) is 3.29. The smallest absolute Gasteiger partial charge is 0.264 e. The Hall–Kier alpha value is -3.23. The third-order valence-electron chi connectivity index (χ3n) is 5.79. The molecule has 1 aliphatic rings. The van der Waals surface area contributed by atoms with Crippen LogP contribution in [0.25, 0.3) is 0 Å². The Balaban J connectivity index is 1.65. The number of aliphatic hydroxyl groups excluding tert-OH is 2. The van der Waals surface area contributed by atoms with Crippen LogP contribution in [0.1, 0.15) is 48.1 Å². The van der Waals surface area contributed by atoms with E-state index in [1.54, 1.807) is 24.3 Å². The highest BCUT2D eigenvalue weighted by Crippen LogP contribution is 2.29. The largest absolute Gasteiger partial charge is 0.393 e. The van der Waals surface area contributed by atoms with E-state index in [1.807, 2.05) is 24.3 Å². The van der Waals surface area contributed by atoms with Gasteiger partial charge >= 0.3 is 0 Å². The summed E-state index contributed by atoms with van der Waals surface area (Å²) in [7, 11) is -3.83. The summed E-state index contributed by atoms with van der Waals surface area (Å²) in [5.74, 6) is 5.06. The van der Waals surface area contributed by atoms with Crippen molar-refractivity contribution in [3.05, 3.63) is 70.8 Å². The van der Waals surface area contributed by atoms with E-state index in [1.165, 1.54) is 12.4 Å². The summed E-state index contributed by atoms with van der Waals surface area (Å²) >= 11 is 0. The molecule has 0 saturated carbocycles. The van der Waals surface area contributed by atoms with Gasteiger partial charge in [0.25, 0.3) is 5.91 Å². The molecule has 9 nitrogen and oxygen atoms in total. The lowest BCUT2D eigenvalue weighted by atomic mass is 9.96. The number of oxime groups is 1. The van der Waals surface area contributed by atoms with E-state index < -0.39 is 32.7 Å². The van der Waals surface area contributed by atoms with Gasteiger partial charge in [0, 0.05) is 30.2 Å². The van der Waals surface area contributed by atoms with Crippen LogP contribution in [0.4, 0.5) is 0 Å². The SMILES string of the molecule is C[C@@](C[C@H]1CC(c2ccc(C#Cc3ccc([C@H](O)CO)cc3)cc2)=NO1)(C(=O)NO)S(C)(=O)=O. The molecule has 0 unspecified atom stereocenters. The van der Waals surface area contributed by atoms with Crippen LogP contribution in [0.15, 0.2) is 53.7 Å². The van der Waals surface area contributed by atoms with Crippen molar-refractivity contribution in [2.75, 3.05) is 12.9 Å². The van der Waals surface area contributed by atoms with Gasteiger partial charge in [0.2, 0.25) is 0 Å². The number of carbonyl (C=O) groups excluding carboxylic acids is 1. The molecule has 180 valence electrons. The number of amides is 1. The van der Waals surface area contributed by atoms with Crippen LogP contribution in [-0.4, -0.2) is 59.2 Å². The van der Waals surface area contributed by atoms with Crippen molar-refractivity contribution >= 4 is 21.5 Å². The minimum Gasteiger partial charge on any atom is -0.393 e. The second-order valence-electron chi connectivity index (χ2n) is 8.27. The van der Waals surface area contributed by atoms with Gasteiger partial charge in [0.05, 0.1) is 12.3 Å². The Kier molecular flexibility index (Phi) is 7.74. The topological polar surface area (TPSA) is 146 Å². The predicted molar refractivity (Wildman–Crippen MR) is 125 cm³/mol. The van der Waals surface area contributed by atoms with Crippen LogP contribution in [0.3, 0.4) is 0 Å². The van der Waals surface area contributed by atoms with Crippen LogP contribution < -0.4 is 5.48 Å². The van der Waals surface area contributed by atoms with Crippen LogP contribution in [-0.2, 0) is 19.5 Å². The van der Waals surface area contributed by atoms with E-state index in [0.717, 1.165) is 22.9 Å². The second kappa shape index (κ2) is 10.4. The predicted octanol–water partition coefficient (Wildman–Crippen LogP) is 1.30. The molecule has 0 spiro atoms. The number of carbonyl (C=O) groups is 1. The number of hydrogen-bond donors (Lipinski definition) is 4. The minimum absolute atomic E-state index is 0.164. The molecule has 1 aliphatic heterocycles. The first-order chi connectivity index (χ1) is 16.1. The zero-order chi connectivity index (χ0) is 24.9. The van der Waals surface area contributed by atoms with E-state index in [4.69, 9.17) is 15.2 Å². The maximum atomic E-state index is 12.2. The zero-order valence-corrected chi connectivity index (χ0v) is 19.5. The second-order valence-corrected chi connectivity index (χ2v) is 10.7. The van der Waals surface area contributed by atoms with Gasteiger partial charge in [-0.1, -0.05) is 41.3 Å². The lowest BCUT2D eigenvalue weighted by Crippen LogP contribution is -2.51. The van der Waals surface area contributed by atoms with Crippen LogP contribution in [0.5, 0.6) is 0 Å². The van der Waals surface area contributed by atoms with E-state index in [0.29, 0.717) is 17.7 Å². The molecule has 2 aromatic rings. The van der Waals surface area contributed by atoms with Crippen molar-refractivity contribution in [1.29, 1.82) is 0 Å². The Morgan fingerprint density at radius 1 is 1.18 bits per heavy atom. The van der Waals surface area contributed by atoms with Crippen molar-refractivity contribution in [3.63, 3.8) is 0 Å². The number of aliphatic hydroxyl groups is 2. The number of nitrogens with one attached hydrogen (secondary N) is 1. The monoisotopic (exact) mass is 486 g/mol. The molecule has 4 N–H and O–H groups in total. The summed E-state index contributed by atoms with van der Waals surface area (Å²) in [6.07, 6.45) is -0.475. The number of nitrogens with zero attached hydrogens (tertiary/aromatic N) is 1. The number of hydroxylamine groups is 1. The zero-order valence-electron chi connectivity index (χ0n) is 18.7. The molecule has 1 amide bonds. The van der Waals surface area contributed by atoms with Crippen molar-refractivity contribution in [2.24, 2.45) is 5.16 Å². The third-order valence-corrected chi connectivity index (χ3v) is 7.78. The lowest BCUT2D eigenvalue weighted by Gasteiger charge is -2.26. The van der Waals surface area contributed by atoms with E-state index in [-0.39, 0.29) is 13.0 Å². The fourth-order valence-corrected chi connectivity index (χ4v) is 4.33. The molecule has 0 radical (unpaired) electrons. The molecule has 10 heteroatoms. The molecule has 0 saturated heterocycles. The molecule has 0 aromatic heterocycles. The van der Waals surface area contributed by atoms with Crippen molar-refractivity contribution < 1.29 is 33.5 Å². The summed E-state index contributed by atoms with van der Waals surface area (Å²) in [6, 6.07) is 14.2. The number of rotatable bonds is 7. The number of sulfone groups is 1. The standard InChI is InChI=1S/C24H26N2O7S/c1-24(23(29)25-30,34(2,31)32)14-20-13-21(26-33-20)18-9-5-16(6-10-18)3-4-17-7-11-19(12-8-17)22(28)15-27/h5-12,20,22,27-28,30H,13-15H2,1-2H3,(H,25,29)/t20-,22-,24-/m1/s1. The lowest BCUT2D eigenvalue weighted by molar-refractivity contribution is -0.132. The van der Waals surface area contributed by atoms with Gasteiger partial charge in [-0.25, -0.2) is 13.9 Å². The van der Waals surface area contributed by atoms with Gasteiger partial charge in [-0.2, -0.15) is 0 Å². The first-order valence-electron chi connectivity index (χ1n) is 10.5. The molecular weight excluding hydrogens is 460 g/mol.